The molecular weight excluding hydrogens is 502 g/mol. The van der Waals surface area contributed by atoms with Crippen LogP contribution < -0.4 is 9.47 Å². The molecule has 4 rings (SSSR count). The van der Waals surface area contributed by atoms with Crippen LogP contribution in [0.3, 0.4) is 0 Å². The molecule has 1 N–H and O–H groups in total. The Labute approximate surface area is 207 Å². The molecule has 4 nitrogen and oxygen atoms in total. The van der Waals surface area contributed by atoms with Crippen LogP contribution in [0.15, 0.2) is 78.9 Å². The fourth-order valence-corrected chi connectivity index (χ4v) is 3.01. The van der Waals surface area contributed by atoms with E-state index in [-0.39, 0.29) is 30.5 Å². The molecule has 10 heteroatoms. The van der Waals surface area contributed by atoms with E-state index in [9.17, 15) is 31.1 Å². The molecule has 0 atom stereocenters. The second-order valence-corrected chi connectivity index (χ2v) is 7.48. The number of hydrogen-bond donors (Lipinski definition) is 1. The summed E-state index contributed by atoms with van der Waals surface area (Å²) in [7, 11) is 0. The van der Waals surface area contributed by atoms with E-state index in [4.69, 9.17) is 14.6 Å². The highest BCUT2D eigenvalue weighted by molar-refractivity contribution is 5.88. The van der Waals surface area contributed by atoms with Crippen molar-refractivity contribution >= 4 is 5.97 Å². The van der Waals surface area contributed by atoms with Crippen LogP contribution in [0.4, 0.5) is 26.3 Å². The third-order valence-corrected chi connectivity index (χ3v) is 4.70. The Kier molecular flexibility index (Phi) is 9.15. The van der Waals surface area contributed by atoms with E-state index in [1.807, 2.05) is 0 Å². The molecule has 37 heavy (non-hydrogen) atoms. The van der Waals surface area contributed by atoms with Gasteiger partial charge in [-0.05, 0) is 47.5 Å². The van der Waals surface area contributed by atoms with E-state index in [0.29, 0.717) is 11.1 Å². The molecule has 0 heterocycles. The second kappa shape index (κ2) is 12.5. The lowest BCUT2D eigenvalue weighted by atomic mass is 10.2. The minimum atomic E-state index is -1.70. The highest BCUT2D eigenvalue weighted by Crippen LogP contribution is 2.22. The monoisotopic (exact) mass is 520 g/mol. The number of rotatable bonds is 7. The smallest absolute Gasteiger partial charge is 0.341 e. The Hall–Kier alpha value is -4.47. The number of hydrogen-bond acceptors (Lipinski definition) is 3. The number of carbonyl (C=O) groups is 1. The maximum Gasteiger partial charge on any atom is 0.341 e. The van der Waals surface area contributed by atoms with Gasteiger partial charge in [0.15, 0.2) is 11.6 Å². The maximum atomic E-state index is 13.4. The van der Waals surface area contributed by atoms with Crippen LogP contribution in [0.1, 0.15) is 21.5 Å². The summed E-state index contributed by atoms with van der Waals surface area (Å²) in [5, 5.41) is 8.61. The van der Waals surface area contributed by atoms with Gasteiger partial charge in [-0.3, -0.25) is 0 Å². The van der Waals surface area contributed by atoms with Gasteiger partial charge >= 0.3 is 5.97 Å². The topological polar surface area (TPSA) is 55.8 Å². The van der Waals surface area contributed by atoms with Crippen LogP contribution in [0.5, 0.6) is 11.5 Å². The van der Waals surface area contributed by atoms with Crippen LogP contribution in [0.25, 0.3) is 0 Å². The van der Waals surface area contributed by atoms with Gasteiger partial charge in [0.05, 0.1) is 0 Å². The third-order valence-electron chi connectivity index (χ3n) is 4.70. The van der Waals surface area contributed by atoms with E-state index in [0.717, 1.165) is 24.3 Å². The predicted molar refractivity (Wildman–Crippen MR) is 121 cm³/mol. The van der Waals surface area contributed by atoms with Crippen molar-refractivity contribution in [1.29, 1.82) is 0 Å². The quantitative estimate of drug-likeness (QED) is 0.265. The summed E-state index contributed by atoms with van der Waals surface area (Å²) in [6, 6.07) is 15.9. The zero-order valence-electron chi connectivity index (χ0n) is 18.9. The number of carboxylic acids is 1. The molecule has 0 spiro atoms. The van der Waals surface area contributed by atoms with Crippen molar-refractivity contribution in [1.82, 2.24) is 0 Å². The molecule has 0 saturated heterocycles. The highest BCUT2D eigenvalue weighted by Gasteiger charge is 2.18. The van der Waals surface area contributed by atoms with Gasteiger partial charge in [-0.15, -0.1) is 0 Å². The molecule has 0 aliphatic carbocycles. The van der Waals surface area contributed by atoms with Gasteiger partial charge in [-0.2, -0.15) is 0 Å². The lowest BCUT2D eigenvalue weighted by Crippen LogP contribution is -2.06. The second-order valence-electron chi connectivity index (χ2n) is 7.48. The predicted octanol–water partition coefficient (Wildman–Crippen LogP) is 7.06. The number of aromatic carboxylic acids is 1. The molecule has 0 radical (unpaired) electrons. The van der Waals surface area contributed by atoms with Gasteiger partial charge in [0, 0.05) is 18.2 Å². The van der Waals surface area contributed by atoms with Gasteiger partial charge in [-0.25, -0.2) is 31.1 Å². The molecule has 0 unspecified atom stereocenters. The zero-order chi connectivity index (χ0) is 26.9. The van der Waals surface area contributed by atoms with Crippen molar-refractivity contribution in [2.45, 2.75) is 13.2 Å². The summed E-state index contributed by atoms with van der Waals surface area (Å²) in [6.07, 6.45) is 0. The Morgan fingerprint density at radius 1 is 0.622 bits per heavy atom. The van der Waals surface area contributed by atoms with E-state index >= 15 is 0 Å². The molecule has 0 aromatic heterocycles. The summed E-state index contributed by atoms with van der Waals surface area (Å²) in [5.41, 5.74) is 0.0185. The first-order valence-corrected chi connectivity index (χ1v) is 10.5. The average Bonchev–Trinajstić information content (AvgIpc) is 2.82. The number of halogens is 6. The molecular formula is C27H18F6O4. The van der Waals surface area contributed by atoms with Crippen molar-refractivity contribution in [2.24, 2.45) is 0 Å². The maximum absolute atomic E-state index is 13.4. The molecule has 0 saturated carbocycles. The first-order chi connectivity index (χ1) is 17.6. The minimum absolute atomic E-state index is 0.0281. The van der Waals surface area contributed by atoms with Gasteiger partial charge in [0.1, 0.15) is 53.6 Å². The fraction of sp³-hybridized carbons (Fsp3) is 0.0741. The summed E-state index contributed by atoms with van der Waals surface area (Å²) >= 11 is 0. The van der Waals surface area contributed by atoms with Gasteiger partial charge in [0.2, 0.25) is 0 Å². The normalized spacial score (nSPS) is 10.3. The summed E-state index contributed by atoms with van der Waals surface area (Å²) < 4.78 is 88.6. The summed E-state index contributed by atoms with van der Waals surface area (Å²) in [4.78, 5) is 10.6. The van der Waals surface area contributed by atoms with E-state index in [2.05, 4.69) is 0 Å². The fourth-order valence-electron chi connectivity index (χ4n) is 3.01. The van der Waals surface area contributed by atoms with Crippen LogP contribution >= 0.6 is 0 Å². The van der Waals surface area contributed by atoms with Crippen molar-refractivity contribution in [3.05, 3.63) is 130 Å². The SMILES string of the molecule is Fc1cccc(COc2ccc(F)cc2F)c1.O=C(O)c1c(F)cc(OCc2cccc(F)c2)cc1F. The lowest BCUT2D eigenvalue weighted by molar-refractivity contribution is 0.0686. The highest BCUT2D eigenvalue weighted by atomic mass is 19.2. The first kappa shape index (κ1) is 27.1. The number of benzene rings is 4. The van der Waals surface area contributed by atoms with Crippen LogP contribution in [0, 0.1) is 34.9 Å². The number of ether oxygens (including phenoxy) is 2. The molecule has 192 valence electrons. The van der Waals surface area contributed by atoms with Crippen LogP contribution in [-0.4, -0.2) is 11.1 Å². The van der Waals surface area contributed by atoms with Gasteiger partial charge in [-0.1, -0.05) is 24.3 Å². The first-order valence-electron chi connectivity index (χ1n) is 10.5. The van der Waals surface area contributed by atoms with Crippen LogP contribution in [0.2, 0.25) is 0 Å². The molecule has 0 bridgehead atoms. The molecule has 0 aliphatic heterocycles. The molecule has 0 aliphatic rings. The third kappa shape index (κ3) is 8.03. The molecule has 0 fully saturated rings. The Bertz CT molecular complexity index is 1370. The van der Waals surface area contributed by atoms with E-state index in [1.54, 1.807) is 12.1 Å². The van der Waals surface area contributed by atoms with Crippen molar-refractivity contribution < 1.29 is 45.7 Å². The molecule has 4 aromatic carbocycles. The zero-order valence-corrected chi connectivity index (χ0v) is 18.9. The number of carboxylic acid groups (broad SMARTS) is 1. The van der Waals surface area contributed by atoms with Crippen molar-refractivity contribution in [2.75, 3.05) is 0 Å². The van der Waals surface area contributed by atoms with Crippen molar-refractivity contribution in [3.8, 4) is 11.5 Å². The lowest BCUT2D eigenvalue weighted by Gasteiger charge is -2.08. The standard InChI is InChI=1S/C14H9F3O3.C13H9F3O/c15-9-3-1-2-8(4-9)7-20-10-5-11(16)13(14(18)19)12(17)6-10;14-10-3-1-2-9(6-10)8-17-13-5-4-11(15)7-12(13)16/h1-6H,7H2,(H,18,19);1-7H,8H2. The summed E-state index contributed by atoms with van der Waals surface area (Å²) in [6.45, 7) is -0.0661. The van der Waals surface area contributed by atoms with E-state index in [1.165, 1.54) is 42.5 Å². The minimum Gasteiger partial charge on any atom is -0.489 e. The van der Waals surface area contributed by atoms with Crippen molar-refractivity contribution in [3.63, 3.8) is 0 Å². The van der Waals surface area contributed by atoms with Gasteiger partial charge < -0.3 is 14.6 Å². The largest absolute Gasteiger partial charge is 0.489 e. The Morgan fingerprint density at radius 3 is 1.62 bits per heavy atom. The molecule has 4 aromatic rings. The van der Waals surface area contributed by atoms with Crippen LogP contribution in [-0.2, 0) is 13.2 Å². The van der Waals surface area contributed by atoms with E-state index < -0.39 is 40.6 Å². The molecule has 0 amide bonds. The summed E-state index contributed by atoms with van der Waals surface area (Å²) in [5.74, 6) is -6.67. The van der Waals surface area contributed by atoms with Gasteiger partial charge in [0.25, 0.3) is 0 Å². The Morgan fingerprint density at radius 2 is 1.14 bits per heavy atom. The Balaban J connectivity index is 0.000000208. The average molecular weight is 520 g/mol.